The Kier molecular flexibility index (Phi) is 6.99. The molecule has 0 atom stereocenters. The van der Waals surface area contributed by atoms with Crippen LogP contribution in [0.5, 0.6) is 5.75 Å². The first-order valence-electron chi connectivity index (χ1n) is 11.1. The van der Waals surface area contributed by atoms with E-state index in [2.05, 4.69) is 13.7 Å². The SMILES string of the molecule is O=S(=O)(c1cccc2nsnc12)N(Cc1ccncc1)Cc1ccc(OCc2cccc(F)c2)cc1. The maximum atomic E-state index is 13.8. The molecule has 10 heteroatoms. The van der Waals surface area contributed by atoms with Crippen molar-refractivity contribution in [2.75, 3.05) is 0 Å². The van der Waals surface area contributed by atoms with E-state index in [9.17, 15) is 12.8 Å². The highest BCUT2D eigenvalue weighted by Gasteiger charge is 2.28. The van der Waals surface area contributed by atoms with Gasteiger partial charge in [0, 0.05) is 25.5 Å². The minimum absolute atomic E-state index is 0.123. The molecule has 0 N–H and O–H groups in total. The number of hydrogen-bond acceptors (Lipinski definition) is 7. The lowest BCUT2D eigenvalue weighted by atomic mass is 10.2. The molecule has 36 heavy (non-hydrogen) atoms. The largest absolute Gasteiger partial charge is 0.489 e. The number of ether oxygens (including phenoxy) is 1. The molecule has 3 aromatic carbocycles. The molecule has 0 aliphatic heterocycles. The number of nitrogens with zero attached hydrogens (tertiary/aromatic N) is 4. The number of rotatable bonds is 9. The van der Waals surface area contributed by atoms with E-state index >= 15 is 0 Å². The van der Waals surface area contributed by atoms with Crippen LogP contribution in [0.1, 0.15) is 16.7 Å². The maximum Gasteiger partial charge on any atom is 0.245 e. The molecule has 0 spiro atoms. The third-order valence-corrected chi connectivity index (χ3v) is 7.92. The molecule has 0 bridgehead atoms. The maximum absolute atomic E-state index is 13.8. The lowest BCUT2D eigenvalue weighted by Crippen LogP contribution is -2.30. The van der Waals surface area contributed by atoms with Gasteiger partial charge in [0.25, 0.3) is 0 Å². The molecule has 0 aliphatic rings. The van der Waals surface area contributed by atoms with Crippen molar-refractivity contribution in [3.63, 3.8) is 0 Å². The Balaban J connectivity index is 1.39. The third-order valence-electron chi connectivity index (χ3n) is 5.55. The van der Waals surface area contributed by atoms with Crippen LogP contribution in [-0.2, 0) is 29.7 Å². The van der Waals surface area contributed by atoms with Gasteiger partial charge in [-0.15, -0.1) is 0 Å². The van der Waals surface area contributed by atoms with Gasteiger partial charge in [0.15, 0.2) is 0 Å². The Hall–Kier alpha value is -3.73. The summed E-state index contributed by atoms with van der Waals surface area (Å²) in [5.74, 6) is 0.288. The van der Waals surface area contributed by atoms with E-state index in [1.807, 2.05) is 12.1 Å². The van der Waals surface area contributed by atoms with E-state index in [0.29, 0.717) is 16.8 Å². The fraction of sp³-hybridized carbons (Fsp3) is 0.115. The van der Waals surface area contributed by atoms with Crippen LogP contribution in [0.3, 0.4) is 0 Å². The van der Waals surface area contributed by atoms with Crippen molar-refractivity contribution in [2.24, 2.45) is 0 Å². The van der Waals surface area contributed by atoms with Gasteiger partial charge in [-0.3, -0.25) is 4.98 Å². The number of benzene rings is 3. The van der Waals surface area contributed by atoms with Crippen LogP contribution in [0.25, 0.3) is 11.0 Å². The Morgan fingerprint density at radius 1 is 0.833 bits per heavy atom. The molecule has 0 radical (unpaired) electrons. The smallest absolute Gasteiger partial charge is 0.245 e. The monoisotopic (exact) mass is 520 g/mol. The molecule has 2 heterocycles. The Morgan fingerprint density at radius 3 is 2.31 bits per heavy atom. The summed E-state index contributed by atoms with van der Waals surface area (Å²) in [5.41, 5.74) is 3.23. The van der Waals surface area contributed by atoms with Crippen molar-refractivity contribution in [3.05, 3.63) is 114 Å². The van der Waals surface area contributed by atoms with Crippen LogP contribution in [0.15, 0.2) is 96.2 Å². The predicted octanol–water partition coefficient (Wildman–Crippen LogP) is 5.20. The van der Waals surface area contributed by atoms with Crippen molar-refractivity contribution in [3.8, 4) is 5.75 Å². The minimum Gasteiger partial charge on any atom is -0.489 e. The van der Waals surface area contributed by atoms with Crippen LogP contribution in [0, 0.1) is 5.82 Å². The van der Waals surface area contributed by atoms with Crippen molar-refractivity contribution in [1.82, 2.24) is 18.0 Å². The molecular formula is C26H21FN4O3S2. The minimum atomic E-state index is -3.90. The van der Waals surface area contributed by atoms with E-state index in [1.165, 1.54) is 16.4 Å². The highest BCUT2D eigenvalue weighted by atomic mass is 32.2. The number of hydrogen-bond donors (Lipinski definition) is 0. The topological polar surface area (TPSA) is 85.3 Å². The van der Waals surface area contributed by atoms with Crippen molar-refractivity contribution >= 4 is 32.8 Å². The zero-order valence-corrected chi connectivity index (χ0v) is 20.6. The molecule has 0 saturated heterocycles. The molecule has 0 aliphatic carbocycles. The van der Waals surface area contributed by atoms with E-state index in [1.54, 1.807) is 67.0 Å². The zero-order valence-electron chi connectivity index (χ0n) is 19.0. The van der Waals surface area contributed by atoms with Gasteiger partial charge >= 0.3 is 0 Å². The Bertz CT molecular complexity index is 1580. The fourth-order valence-corrected chi connectivity index (χ4v) is 5.90. The van der Waals surface area contributed by atoms with Crippen molar-refractivity contribution < 1.29 is 17.5 Å². The van der Waals surface area contributed by atoms with Crippen LogP contribution >= 0.6 is 11.7 Å². The van der Waals surface area contributed by atoms with Crippen molar-refractivity contribution in [1.29, 1.82) is 0 Å². The zero-order chi connectivity index (χ0) is 25.0. The summed E-state index contributed by atoms with van der Waals surface area (Å²) in [6, 6.07) is 22.0. The Labute approximate surface area is 212 Å². The first-order chi connectivity index (χ1) is 17.5. The number of aromatic nitrogens is 3. The van der Waals surface area contributed by atoms with E-state index < -0.39 is 10.0 Å². The molecule has 2 aromatic heterocycles. The van der Waals surface area contributed by atoms with Gasteiger partial charge in [-0.25, -0.2) is 12.8 Å². The van der Waals surface area contributed by atoms with Crippen LogP contribution in [-0.4, -0.2) is 26.5 Å². The molecule has 0 unspecified atom stereocenters. The molecule has 5 rings (SSSR count). The lowest BCUT2D eigenvalue weighted by molar-refractivity contribution is 0.305. The molecule has 182 valence electrons. The summed E-state index contributed by atoms with van der Waals surface area (Å²) in [5, 5.41) is 0. The first kappa shape index (κ1) is 24.0. The highest BCUT2D eigenvalue weighted by Crippen LogP contribution is 2.27. The predicted molar refractivity (Wildman–Crippen MR) is 135 cm³/mol. The summed E-state index contributed by atoms with van der Waals surface area (Å²) in [6.45, 7) is 0.532. The standard InChI is InChI=1S/C26H21FN4O3S2/c27-22-4-1-3-21(15-22)18-34-23-9-7-19(8-10-23)16-31(17-20-11-13-28-14-12-20)36(32,33)25-6-2-5-24-26(25)30-35-29-24/h1-15H,16-18H2. The summed E-state index contributed by atoms with van der Waals surface area (Å²) >= 11 is 0.982. The number of fused-ring (bicyclic) bond motifs is 1. The fourth-order valence-electron chi connectivity index (χ4n) is 3.73. The quantitative estimate of drug-likeness (QED) is 0.266. The van der Waals surface area contributed by atoms with E-state index in [-0.39, 0.29) is 30.4 Å². The van der Waals surface area contributed by atoms with Gasteiger partial charge in [-0.05, 0) is 65.2 Å². The second-order valence-electron chi connectivity index (χ2n) is 8.08. The Morgan fingerprint density at radius 2 is 1.56 bits per heavy atom. The molecule has 0 amide bonds. The average Bonchev–Trinajstić information content (AvgIpc) is 3.38. The second-order valence-corrected chi connectivity index (χ2v) is 10.5. The third kappa shape index (κ3) is 5.40. The highest BCUT2D eigenvalue weighted by molar-refractivity contribution is 7.89. The molecule has 0 fully saturated rings. The van der Waals surface area contributed by atoms with Gasteiger partial charge in [-0.2, -0.15) is 13.1 Å². The lowest BCUT2D eigenvalue weighted by Gasteiger charge is -2.23. The molecule has 0 saturated carbocycles. The van der Waals surface area contributed by atoms with Crippen LogP contribution in [0.2, 0.25) is 0 Å². The summed E-state index contributed by atoms with van der Waals surface area (Å²) in [4.78, 5) is 4.15. The number of sulfonamides is 1. The van der Waals surface area contributed by atoms with Gasteiger partial charge in [0.1, 0.15) is 34.1 Å². The van der Waals surface area contributed by atoms with Gasteiger partial charge in [0.2, 0.25) is 10.0 Å². The summed E-state index contributed by atoms with van der Waals surface area (Å²) < 4.78 is 56.6. The van der Waals surface area contributed by atoms with Crippen LogP contribution < -0.4 is 4.74 Å². The second kappa shape index (κ2) is 10.5. The van der Waals surface area contributed by atoms with Gasteiger partial charge in [-0.1, -0.05) is 30.3 Å². The summed E-state index contributed by atoms with van der Waals surface area (Å²) in [7, 11) is -3.90. The number of pyridine rings is 1. The van der Waals surface area contributed by atoms with E-state index in [0.717, 1.165) is 28.4 Å². The average molecular weight is 521 g/mol. The summed E-state index contributed by atoms with van der Waals surface area (Å²) in [6.07, 6.45) is 3.27. The molecule has 7 nitrogen and oxygen atoms in total. The van der Waals surface area contributed by atoms with Crippen molar-refractivity contribution in [2.45, 2.75) is 24.6 Å². The van der Waals surface area contributed by atoms with Gasteiger partial charge in [0.05, 0.1) is 11.7 Å². The van der Waals surface area contributed by atoms with Gasteiger partial charge < -0.3 is 4.74 Å². The molecule has 5 aromatic rings. The normalized spacial score (nSPS) is 11.7. The number of halogens is 1. The van der Waals surface area contributed by atoms with E-state index in [4.69, 9.17) is 4.74 Å². The first-order valence-corrected chi connectivity index (χ1v) is 13.2. The van der Waals surface area contributed by atoms with Crippen LogP contribution in [0.4, 0.5) is 4.39 Å². The molecular weight excluding hydrogens is 499 g/mol.